The first kappa shape index (κ1) is 25.0. The molecule has 0 aliphatic rings. The van der Waals surface area contributed by atoms with Crippen LogP contribution in [0, 0.1) is 20.8 Å². The van der Waals surface area contributed by atoms with Crippen molar-refractivity contribution < 1.29 is 19.5 Å². The Morgan fingerprint density at radius 2 is 1.10 bits per heavy atom. The molecule has 3 heterocycles. The van der Waals surface area contributed by atoms with E-state index >= 15 is 0 Å². The third-order valence-electron chi connectivity index (χ3n) is 3.87. The molecule has 29 heavy (non-hydrogen) atoms. The molecule has 0 aliphatic heterocycles. The van der Waals surface area contributed by atoms with Crippen LogP contribution in [-0.4, -0.2) is 41.1 Å². The van der Waals surface area contributed by atoms with Gasteiger partial charge in [0, 0.05) is 12.4 Å². The van der Waals surface area contributed by atoms with E-state index in [9.17, 15) is 0 Å². The molecule has 0 fully saturated rings. The van der Waals surface area contributed by atoms with Crippen LogP contribution < -0.4 is 0 Å². The molecule has 0 bridgehead atoms. The topological polar surface area (TPSA) is 100 Å². The number of hydrogen-bond donors (Lipinski definition) is 0. The fourth-order valence-corrected chi connectivity index (χ4v) is 2.55. The normalized spacial score (nSPS) is 9.97. The maximum atomic E-state index is 6.63. The summed E-state index contributed by atoms with van der Waals surface area (Å²) in [4.78, 5) is 13.6. The van der Waals surface area contributed by atoms with Gasteiger partial charge in [-0.3, -0.25) is 9.97 Å². The minimum Gasteiger partial charge on any atom is -0.679 e. The summed E-state index contributed by atoms with van der Waals surface area (Å²) in [5.74, 6) is 0. The fraction of sp³-hybridized carbons (Fsp3) is 0.318. The van der Waals surface area contributed by atoms with Gasteiger partial charge in [-0.05, 0) is 73.9 Å². The van der Waals surface area contributed by atoms with Crippen molar-refractivity contribution >= 4 is 0 Å². The van der Waals surface area contributed by atoms with Crippen LogP contribution in [0.3, 0.4) is 0 Å². The predicted molar refractivity (Wildman–Crippen MR) is 116 cm³/mol. The van der Waals surface area contributed by atoms with Crippen molar-refractivity contribution in [2.45, 2.75) is 20.8 Å². The van der Waals surface area contributed by atoms with Gasteiger partial charge in [0.1, 0.15) is 0 Å². The van der Waals surface area contributed by atoms with Crippen LogP contribution in [0.4, 0.5) is 0 Å². The molecular weight excluding hydrogens is 449 g/mol. The molecule has 3 rings (SSSR count). The van der Waals surface area contributed by atoms with E-state index in [2.05, 4.69) is 60.3 Å². The van der Waals surface area contributed by atoms with Crippen molar-refractivity contribution in [3.05, 3.63) is 82.3 Å². The monoisotopic (exact) mass is 477 g/mol. The SMILES string of the molecule is Cc1ccnc(-c2cc(C)cc(-c3cc(C)ccn3)n2)c1.[NH-]CC[N-]CC[NH-].[Ru+3]. The van der Waals surface area contributed by atoms with Crippen LogP contribution in [0.15, 0.2) is 48.8 Å². The summed E-state index contributed by atoms with van der Waals surface area (Å²) in [7, 11) is 0. The number of aromatic nitrogens is 3. The second kappa shape index (κ2) is 13.2. The minimum absolute atomic E-state index is 0. The van der Waals surface area contributed by atoms with Crippen LogP contribution in [0.25, 0.3) is 39.6 Å². The number of rotatable bonds is 6. The second-order valence-electron chi connectivity index (χ2n) is 6.52. The zero-order chi connectivity index (χ0) is 20.4. The number of nitrogens with zero attached hydrogens (tertiary/aromatic N) is 4. The fourth-order valence-electron chi connectivity index (χ4n) is 2.55. The molecular formula is C22H27N6Ru. The Kier molecular flexibility index (Phi) is 11.4. The van der Waals surface area contributed by atoms with Gasteiger partial charge in [0.15, 0.2) is 0 Å². The van der Waals surface area contributed by atoms with Crippen molar-refractivity contribution in [3.8, 4) is 22.8 Å². The van der Waals surface area contributed by atoms with E-state index < -0.39 is 0 Å². The van der Waals surface area contributed by atoms with Gasteiger partial charge in [-0.15, -0.1) is 0 Å². The molecule has 0 unspecified atom stereocenters. The maximum Gasteiger partial charge on any atom is 3.00 e. The Balaban J connectivity index is 0.000000456. The molecule has 153 valence electrons. The standard InChI is InChI=1S/C18H17N3.C4H10N3.Ru/c1-12-4-6-19-15(8-12)17-10-14(3)11-18(21-17)16-9-13(2)5-7-20-16;5-1-3-7-4-2-6;/h4-11H,1-3H3;5-6H,1-4H2;/q;-3;+3. The first-order valence-electron chi connectivity index (χ1n) is 9.30. The summed E-state index contributed by atoms with van der Waals surface area (Å²) in [6.45, 7) is 8.10. The van der Waals surface area contributed by atoms with Crippen molar-refractivity contribution in [1.29, 1.82) is 0 Å². The van der Waals surface area contributed by atoms with E-state index in [1.807, 2.05) is 24.5 Å². The average Bonchev–Trinajstić information content (AvgIpc) is 2.68. The van der Waals surface area contributed by atoms with Crippen LogP contribution in [0.5, 0.6) is 0 Å². The molecule has 7 heteroatoms. The molecule has 0 spiro atoms. The Morgan fingerprint density at radius 3 is 1.48 bits per heavy atom. The van der Waals surface area contributed by atoms with E-state index in [1.54, 1.807) is 0 Å². The smallest absolute Gasteiger partial charge is 0.679 e. The van der Waals surface area contributed by atoms with Gasteiger partial charge in [0.05, 0.1) is 22.8 Å². The molecule has 1 radical (unpaired) electrons. The van der Waals surface area contributed by atoms with Gasteiger partial charge in [0.25, 0.3) is 0 Å². The van der Waals surface area contributed by atoms with Gasteiger partial charge in [-0.2, -0.15) is 26.2 Å². The summed E-state index contributed by atoms with van der Waals surface area (Å²) >= 11 is 0. The first-order valence-corrected chi connectivity index (χ1v) is 9.30. The van der Waals surface area contributed by atoms with E-state index in [0.29, 0.717) is 26.2 Å². The zero-order valence-corrected chi connectivity index (χ0v) is 18.8. The molecule has 3 aromatic heterocycles. The minimum atomic E-state index is 0. The Hall–Kier alpha value is -2.05. The molecule has 0 saturated carbocycles. The molecule has 2 N–H and O–H groups in total. The Bertz CT molecular complexity index is 817. The average molecular weight is 477 g/mol. The molecule has 3 aromatic rings. The van der Waals surface area contributed by atoms with Gasteiger partial charge in [0.2, 0.25) is 0 Å². The van der Waals surface area contributed by atoms with Gasteiger partial charge in [-0.25, -0.2) is 4.98 Å². The van der Waals surface area contributed by atoms with Crippen LogP contribution in [0.2, 0.25) is 0 Å². The Morgan fingerprint density at radius 1 is 0.690 bits per heavy atom. The van der Waals surface area contributed by atoms with Crippen LogP contribution in [0.1, 0.15) is 16.7 Å². The van der Waals surface area contributed by atoms with Crippen LogP contribution in [-0.2, 0) is 19.5 Å². The number of aryl methyl sites for hydroxylation is 3. The van der Waals surface area contributed by atoms with Crippen molar-refractivity contribution in [1.82, 2.24) is 15.0 Å². The summed E-state index contributed by atoms with van der Waals surface area (Å²) in [6.07, 6.45) is 3.64. The van der Waals surface area contributed by atoms with E-state index in [-0.39, 0.29) is 19.5 Å². The molecule has 0 aliphatic carbocycles. The van der Waals surface area contributed by atoms with Gasteiger partial charge >= 0.3 is 19.5 Å². The molecule has 0 saturated heterocycles. The summed E-state index contributed by atoms with van der Waals surface area (Å²) in [5, 5.41) is 3.83. The van der Waals surface area contributed by atoms with Crippen molar-refractivity contribution in [2.75, 3.05) is 26.2 Å². The molecule has 6 nitrogen and oxygen atoms in total. The quantitative estimate of drug-likeness (QED) is 0.342. The largest absolute Gasteiger partial charge is 3.00 e. The second-order valence-corrected chi connectivity index (χ2v) is 6.52. The molecule has 0 aromatic carbocycles. The summed E-state index contributed by atoms with van der Waals surface area (Å²) < 4.78 is 0. The summed E-state index contributed by atoms with van der Waals surface area (Å²) in [6, 6.07) is 12.2. The van der Waals surface area contributed by atoms with E-state index in [1.165, 1.54) is 11.1 Å². The van der Waals surface area contributed by atoms with E-state index in [4.69, 9.17) is 16.5 Å². The predicted octanol–water partition coefficient (Wildman–Crippen LogP) is 5.59. The maximum absolute atomic E-state index is 6.63. The number of pyridine rings is 3. The van der Waals surface area contributed by atoms with Crippen molar-refractivity contribution in [2.24, 2.45) is 0 Å². The van der Waals surface area contributed by atoms with E-state index in [0.717, 1.165) is 28.3 Å². The molecule has 0 amide bonds. The zero-order valence-electron chi connectivity index (χ0n) is 17.1. The van der Waals surface area contributed by atoms with Gasteiger partial charge < -0.3 is 16.8 Å². The van der Waals surface area contributed by atoms with Gasteiger partial charge in [-0.1, -0.05) is 0 Å². The van der Waals surface area contributed by atoms with Crippen LogP contribution >= 0.6 is 0 Å². The Labute approximate surface area is 186 Å². The van der Waals surface area contributed by atoms with Crippen molar-refractivity contribution in [3.63, 3.8) is 0 Å². The molecule has 0 atom stereocenters. The number of hydrogen-bond acceptors (Lipinski definition) is 3. The third-order valence-corrected chi connectivity index (χ3v) is 3.87. The third kappa shape index (κ3) is 8.46. The first-order chi connectivity index (χ1) is 13.5. The number of nitrogens with one attached hydrogen (secondary N) is 2. The summed E-state index contributed by atoms with van der Waals surface area (Å²) in [5.41, 5.74) is 20.3.